The molecule has 4 nitrogen and oxygen atoms in total. The Hall–Kier alpha value is -2.11. The maximum absolute atomic E-state index is 13.3. The van der Waals surface area contributed by atoms with Gasteiger partial charge in [-0.1, -0.05) is 52.3 Å². The van der Waals surface area contributed by atoms with Crippen molar-refractivity contribution in [3.05, 3.63) is 75.8 Å². The monoisotopic (exact) mass is 438 g/mol. The summed E-state index contributed by atoms with van der Waals surface area (Å²) in [5, 5.41) is 3.76. The maximum atomic E-state index is 13.3. The van der Waals surface area contributed by atoms with E-state index in [1.54, 1.807) is 0 Å². The SMILES string of the molecule is O=C(c1cccc2c1N[C@@H](c1ccc(Br)cc1)[C@H]1CC=C[C@@H]21)N1CCOCC1. The summed E-state index contributed by atoms with van der Waals surface area (Å²) < 4.78 is 6.50. The molecule has 0 radical (unpaired) electrons. The van der Waals surface area contributed by atoms with Crippen LogP contribution in [0.3, 0.4) is 0 Å². The highest BCUT2D eigenvalue weighted by atomic mass is 79.9. The fourth-order valence-corrected chi connectivity index (χ4v) is 5.00. The summed E-state index contributed by atoms with van der Waals surface area (Å²) in [7, 11) is 0. The predicted octanol–water partition coefficient (Wildman–Crippen LogP) is 4.75. The van der Waals surface area contributed by atoms with Gasteiger partial charge >= 0.3 is 0 Å². The number of halogens is 1. The van der Waals surface area contributed by atoms with Crippen molar-refractivity contribution in [3.63, 3.8) is 0 Å². The van der Waals surface area contributed by atoms with E-state index in [2.05, 4.69) is 63.7 Å². The molecule has 1 aliphatic carbocycles. The molecule has 0 aromatic heterocycles. The van der Waals surface area contributed by atoms with Crippen LogP contribution in [0.15, 0.2) is 59.1 Å². The van der Waals surface area contributed by atoms with E-state index in [1.165, 1.54) is 11.1 Å². The van der Waals surface area contributed by atoms with E-state index in [0.717, 1.165) is 22.1 Å². The number of benzene rings is 2. The molecular weight excluding hydrogens is 416 g/mol. The van der Waals surface area contributed by atoms with Gasteiger partial charge in [-0.05, 0) is 41.7 Å². The Balaban J connectivity index is 1.55. The molecule has 28 heavy (non-hydrogen) atoms. The Morgan fingerprint density at radius 1 is 1.11 bits per heavy atom. The second kappa shape index (κ2) is 7.37. The van der Waals surface area contributed by atoms with Crippen LogP contribution in [0.1, 0.15) is 39.9 Å². The van der Waals surface area contributed by atoms with Crippen molar-refractivity contribution in [1.29, 1.82) is 0 Å². The smallest absolute Gasteiger partial charge is 0.256 e. The van der Waals surface area contributed by atoms with Crippen molar-refractivity contribution in [1.82, 2.24) is 4.90 Å². The lowest BCUT2D eigenvalue weighted by Gasteiger charge is -2.39. The van der Waals surface area contributed by atoms with Crippen LogP contribution < -0.4 is 5.32 Å². The fraction of sp³-hybridized carbons (Fsp3) is 0.348. The number of amides is 1. The number of nitrogens with one attached hydrogen (secondary N) is 1. The van der Waals surface area contributed by atoms with Crippen LogP contribution in [0.25, 0.3) is 0 Å². The van der Waals surface area contributed by atoms with Gasteiger partial charge in [-0.2, -0.15) is 0 Å². The van der Waals surface area contributed by atoms with Crippen molar-refractivity contribution in [2.75, 3.05) is 31.6 Å². The van der Waals surface area contributed by atoms with Gasteiger partial charge in [-0.25, -0.2) is 0 Å². The Morgan fingerprint density at radius 3 is 2.68 bits per heavy atom. The molecule has 3 aliphatic rings. The van der Waals surface area contributed by atoms with Gasteiger partial charge in [0.2, 0.25) is 0 Å². The van der Waals surface area contributed by atoms with E-state index in [4.69, 9.17) is 4.74 Å². The highest BCUT2D eigenvalue weighted by molar-refractivity contribution is 9.10. The molecule has 5 rings (SSSR count). The molecule has 0 saturated carbocycles. The summed E-state index contributed by atoms with van der Waals surface area (Å²) in [6, 6.07) is 14.9. The highest BCUT2D eigenvalue weighted by Gasteiger charge is 2.39. The largest absolute Gasteiger partial charge is 0.378 e. The first kappa shape index (κ1) is 18.0. The first-order chi connectivity index (χ1) is 13.7. The average Bonchev–Trinajstić information content (AvgIpc) is 3.24. The van der Waals surface area contributed by atoms with Crippen LogP contribution in [-0.4, -0.2) is 37.1 Å². The van der Waals surface area contributed by atoms with Gasteiger partial charge < -0.3 is 15.0 Å². The van der Waals surface area contributed by atoms with E-state index in [-0.39, 0.29) is 11.9 Å². The first-order valence-electron chi connectivity index (χ1n) is 9.91. The van der Waals surface area contributed by atoms with E-state index < -0.39 is 0 Å². The van der Waals surface area contributed by atoms with Gasteiger partial charge in [0.1, 0.15) is 0 Å². The number of hydrogen-bond acceptors (Lipinski definition) is 3. The summed E-state index contributed by atoms with van der Waals surface area (Å²) >= 11 is 3.53. The van der Waals surface area contributed by atoms with Gasteiger partial charge in [0.15, 0.2) is 0 Å². The number of allylic oxidation sites excluding steroid dienone is 2. The summed E-state index contributed by atoms with van der Waals surface area (Å²) in [5.41, 5.74) is 4.28. The molecule has 0 unspecified atom stereocenters. The molecule has 0 bridgehead atoms. The summed E-state index contributed by atoms with van der Waals surface area (Å²) in [4.78, 5) is 15.2. The maximum Gasteiger partial charge on any atom is 0.256 e. The normalized spacial score (nSPS) is 25.8. The molecule has 2 aromatic carbocycles. The standard InChI is InChI=1S/C23H23BrN2O2/c24-16-9-7-15(8-10-16)21-18-4-1-3-17(18)19-5-2-6-20(22(19)25-21)23(27)26-11-13-28-14-12-26/h1-3,5-10,17-18,21,25H,4,11-14H2/t17-,18+,21+/m1/s1. The van der Waals surface area contributed by atoms with Gasteiger partial charge in [0.05, 0.1) is 30.5 Å². The molecule has 1 fully saturated rings. The zero-order chi connectivity index (χ0) is 19.1. The number of morpholine rings is 1. The molecule has 0 spiro atoms. The zero-order valence-corrected chi connectivity index (χ0v) is 17.2. The van der Waals surface area contributed by atoms with Crippen LogP contribution >= 0.6 is 15.9 Å². The molecule has 2 heterocycles. The summed E-state index contributed by atoms with van der Waals surface area (Å²) in [5.74, 6) is 0.924. The Kier molecular flexibility index (Phi) is 4.73. The summed E-state index contributed by atoms with van der Waals surface area (Å²) in [6.45, 7) is 2.54. The van der Waals surface area contributed by atoms with Crippen molar-refractivity contribution < 1.29 is 9.53 Å². The Labute approximate surface area is 173 Å². The van der Waals surface area contributed by atoms with Crippen molar-refractivity contribution in [2.24, 2.45) is 5.92 Å². The number of carbonyl (C=O) groups excluding carboxylic acids is 1. The molecule has 1 amide bonds. The molecule has 1 saturated heterocycles. The van der Waals surface area contributed by atoms with E-state index in [0.29, 0.717) is 38.1 Å². The molecular formula is C23H23BrN2O2. The molecule has 1 N–H and O–H groups in total. The van der Waals surface area contributed by atoms with Gasteiger partial charge in [0.25, 0.3) is 5.91 Å². The fourth-order valence-electron chi connectivity index (χ4n) is 4.74. The topological polar surface area (TPSA) is 41.6 Å². The van der Waals surface area contributed by atoms with Gasteiger partial charge in [0, 0.05) is 23.5 Å². The number of ether oxygens (including phenoxy) is 1. The van der Waals surface area contributed by atoms with Crippen molar-refractivity contribution >= 4 is 27.5 Å². The Morgan fingerprint density at radius 2 is 1.89 bits per heavy atom. The number of hydrogen-bond donors (Lipinski definition) is 1. The summed E-state index contributed by atoms with van der Waals surface area (Å²) in [6.07, 6.45) is 5.66. The van der Waals surface area contributed by atoms with Gasteiger partial charge in [-0.3, -0.25) is 4.79 Å². The second-order valence-electron chi connectivity index (χ2n) is 7.70. The minimum atomic E-state index is 0.0997. The van der Waals surface area contributed by atoms with Crippen LogP contribution in [0.4, 0.5) is 5.69 Å². The third-order valence-corrected chi connectivity index (χ3v) is 6.68. The first-order valence-corrected chi connectivity index (χ1v) is 10.7. The third-order valence-electron chi connectivity index (χ3n) is 6.15. The lowest BCUT2D eigenvalue weighted by atomic mass is 9.76. The number of para-hydroxylation sites is 1. The van der Waals surface area contributed by atoms with Crippen molar-refractivity contribution in [2.45, 2.75) is 18.4 Å². The molecule has 5 heteroatoms. The van der Waals surface area contributed by atoms with E-state index >= 15 is 0 Å². The minimum absolute atomic E-state index is 0.0997. The number of rotatable bonds is 2. The number of carbonyl (C=O) groups is 1. The zero-order valence-electron chi connectivity index (χ0n) is 15.6. The third kappa shape index (κ3) is 3.07. The highest BCUT2D eigenvalue weighted by Crippen LogP contribution is 2.50. The van der Waals surface area contributed by atoms with E-state index in [9.17, 15) is 4.79 Å². The number of fused-ring (bicyclic) bond motifs is 3. The molecule has 144 valence electrons. The number of nitrogens with zero attached hydrogens (tertiary/aromatic N) is 1. The minimum Gasteiger partial charge on any atom is -0.378 e. The van der Waals surface area contributed by atoms with Crippen LogP contribution in [0.2, 0.25) is 0 Å². The number of anilines is 1. The molecule has 2 aliphatic heterocycles. The quantitative estimate of drug-likeness (QED) is 0.687. The average molecular weight is 439 g/mol. The lowest BCUT2D eigenvalue weighted by Crippen LogP contribution is -2.41. The van der Waals surface area contributed by atoms with Crippen LogP contribution in [0, 0.1) is 5.92 Å². The Bertz CT molecular complexity index is 919. The lowest BCUT2D eigenvalue weighted by molar-refractivity contribution is 0.0303. The van der Waals surface area contributed by atoms with Crippen molar-refractivity contribution in [3.8, 4) is 0 Å². The molecule has 3 atom stereocenters. The van der Waals surface area contributed by atoms with Crippen LogP contribution in [0.5, 0.6) is 0 Å². The van der Waals surface area contributed by atoms with Crippen LogP contribution in [-0.2, 0) is 4.74 Å². The predicted molar refractivity (Wildman–Crippen MR) is 114 cm³/mol. The van der Waals surface area contributed by atoms with E-state index in [1.807, 2.05) is 17.0 Å². The molecule has 2 aromatic rings. The second-order valence-corrected chi connectivity index (χ2v) is 8.62. The van der Waals surface area contributed by atoms with Gasteiger partial charge in [-0.15, -0.1) is 0 Å².